The smallest absolute Gasteiger partial charge is 0.344 e. The molecule has 1 amide bonds. The van der Waals surface area contributed by atoms with Crippen LogP contribution in [0.25, 0.3) is 0 Å². The summed E-state index contributed by atoms with van der Waals surface area (Å²) in [5, 5.41) is 13.3. The van der Waals surface area contributed by atoms with Crippen LogP contribution in [0.1, 0.15) is 18.1 Å². The SMILES string of the molecule is COc1cc([N+](=O)[O-])ccc1NC(=O)[C@H](C)OC(=O)COc1cc(C)ccc1C. The van der Waals surface area contributed by atoms with E-state index < -0.39 is 22.9 Å². The molecule has 1 atom stereocenters. The minimum Gasteiger partial charge on any atom is -0.494 e. The highest BCUT2D eigenvalue weighted by Gasteiger charge is 2.21. The fourth-order valence-corrected chi connectivity index (χ4v) is 2.42. The number of nitrogens with one attached hydrogen (secondary N) is 1. The first-order valence-electron chi connectivity index (χ1n) is 8.74. The van der Waals surface area contributed by atoms with Crippen molar-refractivity contribution in [3.8, 4) is 11.5 Å². The van der Waals surface area contributed by atoms with Gasteiger partial charge in [-0.1, -0.05) is 12.1 Å². The van der Waals surface area contributed by atoms with Gasteiger partial charge in [-0.15, -0.1) is 0 Å². The molecule has 0 aliphatic heterocycles. The Morgan fingerprint density at radius 3 is 2.52 bits per heavy atom. The van der Waals surface area contributed by atoms with Gasteiger partial charge >= 0.3 is 5.97 Å². The first-order chi connectivity index (χ1) is 13.7. The highest BCUT2D eigenvalue weighted by Crippen LogP contribution is 2.29. The van der Waals surface area contributed by atoms with Crippen molar-refractivity contribution in [1.82, 2.24) is 0 Å². The zero-order valence-corrected chi connectivity index (χ0v) is 16.6. The van der Waals surface area contributed by atoms with Gasteiger partial charge in [-0.2, -0.15) is 0 Å². The highest BCUT2D eigenvalue weighted by molar-refractivity contribution is 5.96. The van der Waals surface area contributed by atoms with Crippen molar-refractivity contribution in [2.45, 2.75) is 26.9 Å². The Kier molecular flexibility index (Phi) is 7.13. The van der Waals surface area contributed by atoms with Crippen LogP contribution >= 0.6 is 0 Å². The Morgan fingerprint density at radius 2 is 1.86 bits per heavy atom. The summed E-state index contributed by atoms with van der Waals surface area (Å²) in [6.45, 7) is 4.82. The van der Waals surface area contributed by atoms with Crippen LogP contribution in [-0.4, -0.2) is 36.6 Å². The largest absolute Gasteiger partial charge is 0.494 e. The number of benzene rings is 2. The van der Waals surface area contributed by atoms with E-state index in [1.54, 1.807) is 6.07 Å². The van der Waals surface area contributed by atoms with E-state index in [9.17, 15) is 19.7 Å². The molecular weight excluding hydrogens is 380 g/mol. The molecule has 0 spiro atoms. The third-order valence-corrected chi connectivity index (χ3v) is 4.02. The molecule has 2 rings (SSSR count). The van der Waals surface area contributed by atoms with Gasteiger partial charge < -0.3 is 19.5 Å². The number of hydrogen-bond donors (Lipinski definition) is 1. The topological polar surface area (TPSA) is 117 Å². The van der Waals surface area contributed by atoms with Gasteiger partial charge in [-0.25, -0.2) is 4.79 Å². The van der Waals surface area contributed by atoms with Crippen molar-refractivity contribution in [2.75, 3.05) is 19.0 Å². The minimum absolute atomic E-state index is 0.115. The Hall–Kier alpha value is -3.62. The van der Waals surface area contributed by atoms with E-state index in [1.807, 2.05) is 26.0 Å². The standard InChI is InChI=1S/C20H22N2O7/c1-12-5-6-13(2)17(9-12)28-11-19(23)29-14(3)20(24)21-16-8-7-15(22(25)26)10-18(16)27-4/h5-10,14H,11H2,1-4H3,(H,21,24)/t14-/m0/s1. The predicted molar refractivity (Wildman–Crippen MR) is 105 cm³/mol. The number of hydrogen-bond acceptors (Lipinski definition) is 7. The lowest BCUT2D eigenvalue weighted by Crippen LogP contribution is -2.31. The van der Waals surface area contributed by atoms with Crippen molar-refractivity contribution in [3.63, 3.8) is 0 Å². The van der Waals surface area contributed by atoms with Crippen molar-refractivity contribution in [1.29, 1.82) is 0 Å². The zero-order valence-electron chi connectivity index (χ0n) is 16.6. The number of anilines is 1. The molecule has 2 aromatic rings. The summed E-state index contributed by atoms with van der Waals surface area (Å²) in [5.74, 6) is -0.638. The van der Waals surface area contributed by atoms with Crippen molar-refractivity contribution >= 4 is 23.3 Å². The summed E-state index contributed by atoms with van der Waals surface area (Å²) in [4.78, 5) is 34.5. The molecule has 154 valence electrons. The van der Waals surface area contributed by atoms with Crippen LogP contribution in [-0.2, 0) is 14.3 Å². The Bertz CT molecular complexity index is 927. The fourth-order valence-electron chi connectivity index (χ4n) is 2.42. The van der Waals surface area contributed by atoms with Crippen LogP contribution in [0.5, 0.6) is 11.5 Å². The number of nitro groups is 1. The molecule has 9 nitrogen and oxygen atoms in total. The number of nitro benzene ring substituents is 1. The molecular formula is C20H22N2O7. The van der Waals surface area contributed by atoms with Crippen molar-refractivity contribution < 1.29 is 28.7 Å². The Morgan fingerprint density at radius 1 is 1.14 bits per heavy atom. The van der Waals surface area contributed by atoms with Gasteiger partial charge in [-0.05, 0) is 44.0 Å². The summed E-state index contributed by atoms with van der Waals surface area (Å²) in [6, 6.07) is 9.37. The number of methoxy groups -OCH3 is 1. The normalized spacial score (nSPS) is 11.3. The van der Waals surface area contributed by atoms with E-state index in [4.69, 9.17) is 14.2 Å². The van der Waals surface area contributed by atoms with Gasteiger partial charge in [0.05, 0.1) is 23.8 Å². The number of nitrogens with zero attached hydrogens (tertiary/aromatic N) is 1. The maximum atomic E-state index is 12.3. The number of aryl methyl sites for hydroxylation is 2. The summed E-state index contributed by atoms with van der Waals surface area (Å²) in [5.41, 5.74) is 1.91. The molecule has 2 aromatic carbocycles. The minimum atomic E-state index is -1.11. The summed E-state index contributed by atoms with van der Waals surface area (Å²) >= 11 is 0. The fraction of sp³-hybridized carbons (Fsp3) is 0.300. The second-order valence-corrected chi connectivity index (χ2v) is 6.32. The van der Waals surface area contributed by atoms with Crippen LogP contribution in [0.2, 0.25) is 0 Å². The van der Waals surface area contributed by atoms with E-state index in [0.29, 0.717) is 5.75 Å². The second kappa shape index (κ2) is 9.54. The molecule has 0 aromatic heterocycles. The van der Waals surface area contributed by atoms with Gasteiger partial charge in [0.25, 0.3) is 11.6 Å². The quantitative estimate of drug-likeness (QED) is 0.409. The van der Waals surface area contributed by atoms with Crippen LogP contribution < -0.4 is 14.8 Å². The Balaban J connectivity index is 1.94. The number of carbonyl (C=O) groups is 2. The number of ether oxygens (including phenoxy) is 3. The van der Waals surface area contributed by atoms with Crippen LogP contribution in [0.3, 0.4) is 0 Å². The van der Waals surface area contributed by atoms with Gasteiger partial charge in [0.15, 0.2) is 12.7 Å². The van der Waals surface area contributed by atoms with E-state index in [1.165, 1.54) is 32.2 Å². The highest BCUT2D eigenvalue weighted by atomic mass is 16.6. The van der Waals surface area contributed by atoms with E-state index in [0.717, 1.165) is 11.1 Å². The average Bonchev–Trinajstić information content (AvgIpc) is 2.68. The number of carbonyl (C=O) groups excluding carboxylic acids is 2. The van der Waals surface area contributed by atoms with Crippen LogP contribution in [0.15, 0.2) is 36.4 Å². The molecule has 0 unspecified atom stereocenters. The van der Waals surface area contributed by atoms with E-state index in [2.05, 4.69) is 5.32 Å². The predicted octanol–water partition coefficient (Wildman–Crippen LogP) is 3.17. The molecule has 0 fully saturated rings. The third-order valence-electron chi connectivity index (χ3n) is 4.02. The van der Waals surface area contributed by atoms with Crippen molar-refractivity contribution in [2.24, 2.45) is 0 Å². The van der Waals surface area contributed by atoms with Gasteiger partial charge in [0, 0.05) is 6.07 Å². The zero-order chi connectivity index (χ0) is 21.6. The average molecular weight is 402 g/mol. The lowest BCUT2D eigenvalue weighted by molar-refractivity contribution is -0.384. The lowest BCUT2D eigenvalue weighted by Gasteiger charge is -2.15. The Labute approximate surface area is 167 Å². The third kappa shape index (κ3) is 5.93. The van der Waals surface area contributed by atoms with Gasteiger partial charge in [-0.3, -0.25) is 14.9 Å². The van der Waals surface area contributed by atoms with Gasteiger partial charge in [0.1, 0.15) is 11.5 Å². The van der Waals surface area contributed by atoms with Crippen molar-refractivity contribution in [3.05, 3.63) is 57.6 Å². The number of rotatable bonds is 8. The summed E-state index contributed by atoms with van der Waals surface area (Å²) in [7, 11) is 1.32. The molecule has 29 heavy (non-hydrogen) atoms. The molecule has 0 saturated carbocycles. The molecule has 0 saturated heterocycles. The number of non-ortho nitro benzene ring substituents is 1. The molecule has 0 heterocycles. The molecule has 0 bridgehead atoms. The molecule has 9 heteroatoms. The first-order valence-corrected chi connectivity index (χ1v) is 8.74. The van der Waals surface area contributed by atoms with Crippen LogP contribution in [0, 0.1) is 24.0 Å². The maximum Gasteiger partial charge on any atom is 0.344 e. The summed E-state index contributed by atoms with van der Waals surface area (Å²) < 4.78 is 15.6. The molecule has 0 aliphatic carbocycles. The molecule has 0 aliphatic rings. The van der Waals surface area contributed by atoms with Crippen LogP contribution in [0.4, 0.5) is 11.4 Å². The molecule has 0 radical (unpaired) electrons. The number of esters is 1. The summed E-state index contributed by atoms with van der Waals surface area (Å²) in [6.07, 6.45) is -1.11. The second-order valence-electron chi connectivity index (χ2n) is 6.32. The van der Waals surface area contributed by atoms with Gasteiger partial charge in [0.2, 0.25) is 0 Å². The first kappa shape index (κ1) is 21.7. The molecule has 1 N–H and O–H groups in total. The maximum absolute atomic E-state index is 12.3. The monoisotopic (exact) mass is 402 g/mol. The number of amides is 1. The van der Waals surface area contributed by atoms with E-state index >= 15 is 0 Å². The lowest BCUT2D eigenvalue weighted by atomic mass is 10.1. The van der Waals surface area contributed by atoms with E-state index in [-0.39, 0.29) is 23.7 Å².